The summed E-state index contributed by atoms with van der Waals surface area (Å²) in [7, 11) is 1.65. The molecule has 0 fully saturated rings. The first-order valence-corrected chi connectivity index (χ1v) is 8.96. The van der Waals surface area contributed by atoms with E-state index in [1.807, 2.05) is 13.0 Å². The van der Waals surface area contributed by atoms with Gasteiger partial charge in [0.15, 0.2) is 11.8 Å². The summed E-state index contributed by atoms with van der Waals surface area (Å²) in [5.41, 5.74) is 1.60. The number of nitrogens with zero attached hydrogens (tertiary/aromatic N) is 4. The Labute approximate surface area is 180 Å². The molecule has 2 aromatic rings. The number of fused-ring (bicyclic) bond motifs is 1. The van der Waals surface area contributed by atoms with Crippen molar-refractivity contribution in [3.8, 4) is 5.75 Å². The molecule has 2 heterocycles. The van der Waals surface area contributed by atoms with E-state index in [4.69, 9.17) is 0 Å². The van der Waals surface area contributed by atoms with Crippen LogP contribution in [-0.2, 0) is 26.1 Å². The number of guanidine groups is 1. The van der Waals surface area contributed by atoms with E-state index >= 15 is 0 Å². The average Bonchev–Trinajstić information content (AvgIpc) is 3.07. The number of rotatable bonds is 6. The number of aromatic nitrogens is 3. The number of aryl methyl sites for hydroxylation is 2. The molecule has 28 heavy (non-hydrogen) atoms. The molecule has 2 N–H and O–H groups in total. The van der Waals surface area contributed by atoms with Gasteiger partial charge in [0.2, 0.25) is 0 Å². The number of hydrogen-bond acceptors (Lipinski definition) is 4. The van der Waals surface area contributed by atoms with Gasteiger partial charge in [0.25, 0.3) is 0 Å². The number of aliphatic imine (C=N–C) groups is 1. The second-order valence-corrected chi connectivity index (χ2v) is 6.41. The molecule has 3 rings (SSSR count). The van der Waals surface area contributed by atoms with Gasteiger partial charge in [0, 0.05) is 32.1 Å². The molecule has 0 saturated heterocycles. The molecule has 1 aliphatic rings. The van der Waals surface area contributed by atoms with Gasteiger partial charge in [-0.15, -0.1) is 34.2 Å². The Hall–Kier alpha value is -1.98. The van der Waals surface area contributed by atoms with Crippen molar-refractivity contribution in [2.75, 3.05) is 7.05 Å². The van der Waals surface area contributed by atoms with Gasteiger partial charge in [0.05, 0.1) is 6.54 Å². The highest BCUT2D eigenvalue weighted by molar-refractivity contribution is 14.0. The third-order valence-corrected chi connectivity index (χ3v) is 4.45. The lowest BCUT2D eigenvalue weighted by molar-refractivity contribution is -0.0504. The van der Waals surface area contributed by atoms with Crippen LogP contribution in [0, 0.1) is 6.92 Å². The molecule has 1 aromatic carbocycles. The van der Waals surface area contributed by atoms with E-state index < -0.39 is 6.61 Å². The molecule has 0 unspecified atom stereocenters. The molecular formula is C18H25F2IN6O. The van der Waals surface area contributed by atoms with Crippen molar-refractivity contribution in [3.05, 3.63) is 41.0 Å². The Balaban J connectivity index is 0.00000280. The zero-order chi connectivity index (χ0) is 19.2. The van der Waals surface area contributed by atoms with Crippen LogP contribution in [0.2, 0.25) is 0 Å². The van der Waals surface area contributed by atoms with E-state index in [0.717, 1.165) is 43.0 Å². The molecule has 1 aliphatic heterocycles. The third-order valence-electron chi connectivity index (χ3n) is 4.45. The predicted molar refractivity (Wildman–Crippen MR) is 113 cm³/mol. The zero-order valence-electron chi connectivity index (χ0n) is 15.9. The molecule has 0 atom stereocenters. The molecule has 0 spiro atoms. The topological polar surface area (TPSA) is 76.4 Å². The van der Waals surface area contributed by atoms with Crippen molar-refractivity contribution < 1.29 is 13.5 Å². The van der Waals surface area contributed by atoms with Gasteiger partial charge in [-0.3, -0.25) is 4.99 Å². The molecule has 0 aliphatic carbocycles. The van der Waals surface area contributed by atoms with Crippen LogP contribution in [-0.4, -0.2) is 34.4 Å². The highest BCUT2D eigenvalue weighted by Crippen LogP contribution is 2.22. The minimum absolute atomic E-state index is 0. The lowest BCUT2D eigenvalue weighted by atomic mass is 10.1. The third kappa shape index (κ3) is 5.76. The van der Waals surface area contributed by atoms with Crippen LogP contribution in [0.15, 0.2) is 23.2 Å². The SMILES string of the molecule is CN=C(NCc1cc(C)ccc1OC(F)F)NCc1nnc2n1CCCC2.I. The van der Waals surface area contributed by atoms with E-state index in [2.05, 4.69) is 35.1 Å². The largest absolute Gasteiger partial charge is 0.434 e. The highest BCUT2D eigenvalue weighted by atomic mass is 127. The molecule has 0 amide bonds. The van der Waals surface area contributed by atoms with Gasteiger partial charge in [-0.05, 0) is 25.8 Å². The number of alkyl halides is 2. The van der Waals surface area contributed by atoms with Crippen molar-refractivity contribution in [1.29, 1.82) is 0 Å². The van der Waals surface area contributed by atoms with Crippen LogP contribution in [0.5, 0.6) is 5.75 Å². The first-order chi connectivity index (χ1) is 13.1. The minimum atomic E-state index is -2.86. The Morgan fingerprint density at radius 3 is 2.79 bits per heavy atom. The summed E-state index contributed by atoms with van der Waals surface area (Å²) in [5, 5.41) is 14.8. The standard InChI is InChI=1S/C18H24F2N6O.HI/c1-12-6-7-14(27-17(19)20)13(9-12)10-22-18(21-2)23-11-16-25-24-15-5-3-4-8-26(15)16;/h6-7,9,17H,3-5,8,10-11H2,1-2H3,(H2,21,22,23);1H. The van der Waals surface area contributed by atoms with Gasteiger partial charge in [-0.2, -0.15) is 8.78 Å². The molecule has 7 nitrogen and oxygen atoms in total. The van der Waals surface area contributed by atoms with Crippen molar-refractivity contribution in [2.45, 2.75) is 52.4 Å². The molecule has 0 bridgehead atoms. The average molecular weight is 506 g/mol. The molecule has 10 heteroatoms. The molecular weight excluding hydrogens is 481 g/mol. The summed E-state index contributed by atoms with van der Waals surface area (Å²) in [5.74, 6) is 2.59. The van der Waals surface area contributed by atoms with Crippen LogP contribution in [0.1, 0.15) is 35.6 Å². The summed E-state index contributed by atoms with van der Waals surface area (Å²) in [4.78, 5) is 4.18. The van der Waals surface area contributed by atoms with Crippen molar-refractivity contribution in [3.63, 3.8) is 0 Å². The van der Waals surface area contributed by atoms with Crippen LogP contribution in [0.4, 0.5) is 8.78 Å². The molecule has 154 valence electrons. The second kappa shape index (κ2) is 10.5. The molecule has 1 aromatic heterocycles. The van der Waals surface area contributed by atoms with Crippen LogP contribution in [0.3, 0.4) is 0 Å². The van der Waals surface area contributed by atoms with Gasteiger partial charge in [-0.1, -0.05) is 17.7 Å². The fraction of sp³-hybridized carbons (Fsp3) is 0.500. The number of ether oxygens (including phenoxy) is 1. The van der Waals surface area contributed by atoms with Crippen LogP contribution in [0.25, 0.3) is 0 Å². The van der Waals surface area contributed by atoms with Crippen molar-refractivity contribution in [1.82, 2.24) is 25.4 Å². The van der Waals surface area contributed by atoms with Gasteiger partial charge < -0.3 is 19.9 Å². The quantitative estimate of drug-likeness (QED) is 0.358. The van der Waals surface area contributed by atoms with Gasteiger partial charge in [0.1, 0.15) is 11.6 Å². The van der Waals surface area contributed by atoms with E-state index in [0.29, 0.717) is 24.6 Å². The minimum Gasteiger partial charge on any atom is -0.434 e. The fourth-order valence-corrected chi connectivity index (χ4v) is 3.12. The maximum absolute atomic E-state index is 12.6. The summed E-state index contributed by atoms with van der Waals surface area (Å²) in [6.07, 6.45) is 3.24. The number of halogens is 3. The molecule has 0 saturated carbocycles. The van der Waals surface area contributed by atoms with Crippen LogP contribution < -0.4 is 15.4 Å². The van der Waals surface area contributed by atoms with Crippen molar-refractivity contribution >= 4 is 29.9 Å². The first-order valence-electron chi connectivity index (χ1n) is 8.96. The highest BCUT2D eigenvalue weighted by Gasteiger charge is 2.16. The number of benzene rings is 1. The Morgan fingerprint density at radius 2 is 2.04 bits per heavy atom. The maximum atomic E-state index is 12.6. The van der Waals surface area contributed by atoms with E-state index in [-0.39, 0.29) is 29.7 Å². The van der Waals surface area contributed by atoms with Gasteiger partial charge in [-0.25, -0.2) is 0 Å². The summed E-state index contributed by atoms with van der Waals surface area (Å²) in [6.45, 7) is 0.769. The van der Waals surface area contributed by atoms with E-state index in [1.54, 1.807) is 19.2 Å². The Kier molecular flexibility index (Phi) is 8.39. The second-order valence-electron chi connectivity index (χ2n) is 6.41. The Bertz CT molecular complexity index is 811. The summed E-state index contributed by atoms with van der Waals surface area (Å²) in [6, 6.07) is 5.10. The van der Waals surface area contributed by atoms with Gasteiger partial charge >= 0.3 is 6.61 Å². The first kappa shape index (κ1) is 22.3. The number of nitrogens with one attached hydrogen (secondary N) is 2. The van der Waals surface area contributed by atoms with Crippen LogP contribution >= 0.6 is 24.0 Å². The maximum Gasteiger partial charge on any atom is 0.387 e. The normalized spacial score (nSPS) is 13.7. The summed E-state index contributed by atoms with van der Waals surface area (Å²) < 4.78 is 31.9. The Morgan fingerprint density at radius 1 is 1.25 bits per heavy atom. The zero-order valence-corrected chi connectivity index (χ0v) is 18.2. The molecule has 0 radical (unpaired) electrons. The fourth-order valence-electron chi connectivity index (χ4n) is 3.12. The number of hydrogen-bond donors (Lipinski definition) is 2. The monoisotopic (exact) mass is 506 g/mol. The van der Waals surface area contributed by atoms with E-state index in [9.17, 15) is 8.78 Å². The van der Waals surface area contributed by atoms with E-state index in [1.165, 1.54) is 0 Å². The summed E-state index contributed by atoms with van der Waals surface area (Å²) >= 11 is 0. The smallest absolute Gasteiger partial charge is 0.387 e. The lowest BCUT2D eigenvalue weighted by Crippen LogP contribution is -2.37. The lowest BCUT2D eigenvalue weighted by Gasteiger charge is -2.17. The van der Waals surface area contributed by atoms with Crippen molar-refractivity contribution in [2.24, 2.45) is 4.99 Å². The predicted octanol–water partition coefficient (Wildman–Crippen LogP) is 3.01.